The molecule has 2 aliphatic rings. The van der Waals surface area contributed by atoms with Gasteiger partial charge in [-0.2, -0.15) is 10.1 Å². The number of carbonyl (C=O) groups excluding carboxylic acids is 2. The third-order valence-electron chi connectivity index (χ3n) is 3.86. The van der Waals surface area contributed by atoms with Crippen molar-refractivity contribution in [2.75, 3.05) is 17.4 Å². The second-order valence-corrected chi connectivity index (χ2v) is 5.67. The molecule has 24 heavy (non-hydrogen) atoms. The first-order valence-electron chi connectivity index (χ1n) is 7.50. The molecule has 0 radical (unpaired) electrons. The average Bonchev–Trinajstić information content (AvgIpc) is 3.12. The van der Waals surface area contributed by atoms with Gasteiger partial charge in [-0.25, -0.2) is 4.68 Å². The number of aromatic nitrogens is 3. The van der Waals surface area contributed by atoms with Crippen LogP contribution < -0.4 is 20.1 Å². The van der Waals surface area contributed by atoms with Gasteiger partial charge in [0.2, 0.25) is 24.6 Å². The maximum atomic E-state index is 12.2. The normalized spacial score (nSPS) is 18.0. The number of rotatable bonds is 3. The van der Waals surface area contributed by atoms with Gasteiger partial charge in [-0.1, -0.05) is 0 Å². The molecule has 2 aromatic rings. The highest BCUT2D eigenvalue weighted by Crippen LogP contribution is 2.34. The van der Waals surface area contributed by atoms with Crippen LogP contribution in [-0.2, 0) is 16.1 Å². The quantitative estimate of drug-likeness (QED) is 0.867. The van der Waals surface area contributed by atoms with E-state index in [4.69, 9.17) is 9.47 Å². The number of hydrogen-bond donors (Lipinski definition) is 2. The fourth-order valence-electron chi connectivity index (χ4n) is 2.75. The smallest absolute Gasteiger partial charge is 0.232 e. The van der Waals surface area contributed by atoms with Crippen molar-refractivity contribution >= 4 is 23.5 Å². The molecule has 9 nitrogen and oxygen atoms in total. The van der Waals surface area contributed by atoms with Crippen LogP contribution in [0.1, 0.15) is 12.2 Å². The van der Waals surface area contributed by atoms with E-state index in [9.17, 15) is 9.59 Å². The van der Waals surface area contributed by atoms with E-state index in [1.54, 1.807) is 29.8 Å². The zero-order chi connectivity index (χ0) is 16.7. The van der Waals surface area contributed by atoms with Gasteiger partial charge in [0.1, 0.15) is 5.82 Å². The van der Waals surface area contributed by atoms with E-state index in [1.165, 1.54) is 0 Å². The SMILES string of the molecule is Cc1nc2n(n1)C[C@H](CC(=O)Nc1ccc3c(c1)OCO3)C(=O)N2. The Hall–Kier alpha value is -3.10. The number of amides is 2. The summed E-state index contributed by atoms with van der Waals surface area (Å²) in [5.41, 5.74) is 0.595. The van der Waals surface area contributed by atoms with E-state index in [0.717, 1.165) is 0 Å². The van der Waals surface area contributed by atoms with Crippen LogP contribution in [0.2, 0.25) is 0 Å². The van der Waals surface area contributed by atoms with Crippen molar-refractivity contribution in [3.8, 4) is 11.5 Å². The Labute approximate surface area is 137 Å². The van der Waals surface area contributed by atoms with Crippen molar-refractivity contribution in [2.24, 2.45) is 5.92 Å². The van der Waals surface area contributed by atoms with E-state index in [2.05, 4.69) is 20.7 Å². The van der Waals surface area contributed by atoms with E-state index in [1.807, 2.05) is 0 Å². The van der Waals surface area contributed by atoms with Crippen molar-refractivity contribution in [3.05, 3.63) is 24.0 Å². The molecule has 0 aliphatic carbocycles. The Balaban J connectivity index is 1.42. The van der Waals surface area contributed by atoms with Gasteiger partial charge in [-0.3, -0.25) is 14.9 Å². The Kier molecular flexibility index (Phi) is 3.33. The average molecular weight is 329 g/mol. The number of anilines is 2. The number of benzene rings is 1. The molecule has 0 fully saturated rings. The van der Waals surface area contributed by atoms with Crippen LogP contribution in [0.25, 0.3) is 0 Å². The summed E-state index contributed by atoms with van der Waals surface area (Å²) < 4.78 is 12.1. The van der Waals surface area contributed by atoms with Crippen LogP contribution in [0.3, 0.4) is 0 Å². The number of nitrogens with zero attached hydrogens (tertiary/aromatic N) is 3. The Morgan fingerprint density at radius 3 is 3.12 bits per heavy atom. The highest BCUT2D eigenvalue weighted by atomic mass is 16.7. The highest BCUT2D eigenvalue weighted by Gasteiger charge is 2.30. The zero-order valence-electron chi connectivity index (χ0n) is 12.9. The van der Waals surface area contributed by atoms with Crippen molar-refractivity contribution < 1.29 is 19.1 Å². The molecule has 0 saturated heterocycles. The van der Waals surface area contributed by atoms with Crippen molar-refractivity contribution in [1.29, 1.82) is 0 Å². The number of aryl methyl sites for hydroxylation is 1. The lowest BCUT2D eigenvalue weighted by Gasteiger charge is -2.21. The zero-order valence-corrected chi connectivity index (χ0v) is 12.9. The van der Waals surface area contributed by atoms with Gasteiger partial charge in [-0.15, -0.1) is 0 Å². The third-order valence-corrected chi connectivity index (χ3v) is 3.86. The minimum absolute atomic E-state index is 0.0542. The lowest BCUT2D eigenvalue weighted by molar-refractivity contribution is -0.125. The molecule has 0 saturated carbocycles. The monoisotopic (exact) mass is 329 g/mol. The van der Waals surface area contributed by atoms with Gasteiger partial charge >= 0.3 is 0 Å². The first-order chi connectivity index (χ1) is 11.6. The minimum atomic E-state index is -0.493. The van der Waals surface area contributed by atoms with E-state index >= 15 is 0 Å². The molecule has 4 rings (SSSR count). The minimum Gasteiger partial charge on any atom is -0.454 e. The second kappa shape index (κ2) is 5.52. The molecule has 0 bridgehead atoms. The van der Waals surface area contributed by atoms with Crippen LogP contribution in [0.15, 0.2) is 18.2 Å². The summed E-state index contributed by atoms with van der Waals surface area (Å²) in [5, 5.41) is 9.63. The first kappa shape index (κ1) is 14.5. The van der Waals surface area contributed by atoms with Gasteiger partial charge in [0.15, 0.2) is 11.5 Å². The maximum Gasteiger partial charge on any atom is 0.232 e. The first-order valence-corrected chi connectivity index (χ1v) is 7.50. The largest absolute Gasteiger partial charge is 0.454 e. The van der Waals surface area contributed by atoms with Gasteiger partial charge in [0, 0.05) is 18.2 Å². The van der Waals surface area contributed by atoms with Crippen LogP contribution in [0.4, 0.5) is 11.6 Å². The molecule has 0 unspecified atom stereocenters. The molecule has 124 valence electrons. The summed E-state index contributed by atoms with van der Waals surface area (Å²) in [7, 11) is 0. The topological polar surface area (TPSA) is 107 Å². The predicted molar refractivity (Wildman–Crippen MR) is 82.7 cm³/mol. The van der Waals surface area contributed by atoms with E-state index < -0.39 is 5.92 Å². The number of ether oxygens (including phenoxy) is 2. The lowest BCUT2D eigenvalue weighted by atomic mass is 10.0. The number of hydrogen-bond acceptors (Lipinski definition) is 6. The van der Waals surface area contributed by atoms with Crippen molar-refractivity contribution in [1.82, 2.24) is 14.8 Å². The van der Waals surface area contributed by atoms with Gasteiger partial charge in [0.25, 0.3) is 0 Å². The van der Waals surface area contributed by atoms with Crippen LogP contribution in [-0.4, -0.2) is 33.4 Å². The summed E-state index contributed by atoms with van der Waals surface area (Å²) >= 11 is 0. The lowest BCUT2D eigenvalue weighted by Crippen LogP contribution is -2.36. The van der Waals surface area contributed by atoms with Gasteiger partial charge in [0.05, 0.1) is 12.5 Å². The standard InChI is InChI=1S/C15H15N5O4/c1-8-16-15-18-14(22)9(6-20(15)19-8)4-13(21)17-10-2-3-11-12(5-10)24-7-23-11/h2-3,5,9H,4,6-7H2,1H3,(H,17,21)(H,16,18,19,22)/t9-/m0/s1. The molecule has 2 amide bonds. The maximum absolute atomic E-state index is 12.2. The molecule has 3 heterocycles. The molecule has 1 atom stereocenters. The number of fused-ring (bicyclic) bond motifs is 2. The second-order valence-electron chi connectivity index (χ2n) is 5.67. The van der Waals surface area contributed by atoms with Crippen LogP contribution >= 0.6 is 0 Å². The summed E-state index contributed by atoms with van der Waals surface area (Å²) in [6.07, 6.45) is 0.0542. The van der Waals surface area contributed by atoms with Crippen LogP contribution in [0.5, 0.6) is 11.5 Å². The molecule has 1 aromatic heterocycles. The highest BCUT2D eigenvalue weighted by molar-refractivity contribution is 5.98. The van der Waals surface area contributed by atoms with Gasteiger partial charge in [-0.05, 0) is 19.1 Å². The van der Waals surface area contributed by atoms with Crippen molar-refractivity contribution in [3.63, 3.8) is 0 Å². The molecule has 9 heteroatoms. The third kappa shape index (κ3) is 2.64. The molecular formula is C15H15N5O4. The molecular weight excluding hydrogens is 314 g/mol. The molecule has 0 spiro atoms. The van der Waals surface area contributed by atoms with E-state index in [0.29, 0.717) is 35.5 Å². The Morgan fingerprint density at radius 1 is 1.42 bits per heavy atom. The summed E-state index contributed by atoms with van der Waals surface area (Å²) in [4.78, 5) is 28.4. The van der Waals surface area contributed by atoms with Crippen molar-refractivity contribution in [2.45, 2.75) is 19.9 Å². The molecule has 2 N–H and O–H groups in total. The number of carbonyl (C=O) groups is 2. The Morgan fingerprint density at radius 2 is 2.25 bits per heavy atom. The fraction of sp³-hybridized carbons (Fsp3) is 0.333. The Bertz CT molecular complexity index is 831. The summed E-state index contributed by atoms with van der Waals surface area (Å²) in [6.45, 7) is 2.25. The summed E-state index contributed by atoms with van der Waals surface area (Å²) in [5.74, 6) is 1.26. The molecule has 2 aliphatic heterocycles. The summed E-state index contributed by atoms with van der Waals surface area (Å²) in [6, 6.07) is 5.15. The number of nitrogens with one attached hydrogen (secondary N) is 2. The fourth-order valence-corrected chi connectivity index (χ4v) is 2.75. The van der Waals surface area contributed by atoms with Crippen LogP contribution in [0, 0.1) is 12.8 Å². The van der Waals surface area contributed by atoms with Gasteiger partial charge < -0.3 is 14.8 Å². The molecule has 1 aromatic carbocycles. The predicted octanol–water partition coefficient (Wildman–Crippen LogP) is 0.912. The van der Waals surface area contributed by atoms with E-state index in [-0.39, 0.29) is 25.0 Å².